The Morgan fingerprint density at radius 1 is 1.12 bits per heavy atom. The van der Waals surface area contributed by atoms with Crippen LogP contribution in [0.2, 0.25) is 0 Å². The number of Topliss-reactive ketones (excluding diaryl/α,β-unsaturated/α-hetero) is 1. The molecule has 0 saturated heterocycles. The summed E-state index contributed by atoms with van der Waals surface area (Å²) in [6.45, 7) is 3.87. The topological polar surface area (TPSA) is 102 Å². The largest absolute Gasteiger partial charge is 0.466 e. The zero-order valence-corrected chi connectivity index (χ0v) is 14.8. The number of carbonyl (C=O) groups is 4. The second-order valence-electron chi connectivity index (χ2n) is 5.61. The number of nitrogens with zero attached hydrogens (tertiary/aromatic N) is 1. The van der Waals surface area contributed by atoms with Crippen molar-refractivity contribution in [2.75, 3.05) is 24.7 Å². The van der Waals surface area contributed by atoms with Gasteiger partial charge in [0, 0.05) is 13.0 Å². The van der Waals surface area contributed by atoms with E-state index < -0.39 is 18.1 Å². The van der Waals surface area contributed by atoms with Gasteiger partial charge in [-0.3, -0.25) is 14.4 Å². The maximum atomic E-state index is 12.2. The Balaban J connectivity index is 2.16. The van der Waals surface area contributed by atoms with Crippen LogP contribution in [0.4, 0.5) is 5.69 Å². The van der Waals surface area contributed by atoms with E-state index in [1.807, 2.05) is 0 Å². The quantitative estimate of drug-likeness (QED) is 0.544. The minimum absolute atomic E-state index is 0.0267. The van der Waals surface area contributed by atoms with E-state index in [2.05, 4.69) is 5.32 Å². The maximum absolute atomic E-state index is 12.2. The van der Waals surface area contributed by atoms with Gasteiger partial charge < -0.3 is 19.7 Å². The summed E-state index contributed by atoms with van der Waals surface area (Å²) in [7, 11) is 0. The van der Waals surface area contributed by atoms with Gasteiger partial charge in [-0.05, 0) is 26.0 Å². The highest BCUT2D eigenvalue weighted by atomic mass is 16.5. The highest BCUT2D eigenvalue weighted by Gasteiger charge is 2.36. The molecular formula is C18H22N2O6. The molecule has 1 unspecified atom stereocenters. The zero-order chi connectivity index (χ0) is 19.1. The lowest BCUT2D eigenvalue weighted by Gasteiger charge is -2.37. The molecule has 0 radical (unpaired) electrons. The summed E-state index contributed by atoms with van der Waals surface area (Å²) in [5, 5.41) is 2.60. The number of ketones is 1. The van der Waals surface area contributed by atoms with Gasteiger partial charge in [0.05, 0.1) is 24.5 Å². The van der Waals surface area contributed by atoms with E-state index >= 15 is 0 Å². The van der Waals surface area contributed by atoms with Crippen molar-refractivity contribution in [3.63, 3.8) is 0 Å². The fraction of sp³-hybridized carbons (Fsp3) is 0.444. The minimum atomic E-state index is -1.02. The summed E-state index contributed by atoms with van der Waals surface area (Å²) in [5.41, 5.74) is 0.948. The number of para-hydroxylation sites is 1. The summed E-state index contributed by atoms with van der Waals surface area (Å²) in [4.78, 5) is 49.5. The number of hydrogen-bond acceptors (Lipinski definition) is 7. The van der Waals surface area contributed by atoms with Gasteiger partial charge in [-0.2, -0.15) is 0 Å². The number of amides is 1. The van der Waals surface area contributed by atoms with Gasteiger partial charge in [-0.1, -0.05) is 12.1 Å². The Labute approximate surface area is 151 Å². The van der Waals surface area contributed by atoms with Crippen molar-refractivity contribution in [2.24, 2.45) is 0 Å². The highest BCUT2D eigenvalue weighted by Crippen LogP contribution is 2.26. The molecule has 26 heavy (non-hydrogen) atoms. The third kappa shape index (κ3) is 4.59. The van der Waals surface area contributed by atoms with Crippen molar-refractivity contribution in [2.45, 2.75) is 32.9 Å². The number of carbonyl (C=O) groups excluding carboxylic acids is 4. The van der Waals surface area contributed by atoms with Crippen molar-refractivity contribution < 1.29 is 28.7 Å². The van der Waals surface area contributed by atoms with Gasteiger partial charge in [-0.25, -0.2) is 4.79 Å². The fourth-order valence-electron chi connectivity index (χ4n) is 2.70. The highest BCUT2D eigenvalue weighted by molar-refractivity contribution is 6.05. The number of ether oxygens (including phenoxy) is 2. The standard InChI is InChI=1S/C18H22N2O6/c1-3-25-15(22)11-12(21)9-10-20-14-8-6-5-7-13(14)17(23)19-16(20)18(24)26-4-2/h5-8,16H,3-4,9-11H2,1-2H3,(H,19,23). The van der Waals surface area contributed by atoms with Crippen LogP contribution < -0.4 is 10.2 Å². The summed E-state index contributed by atoms with van der Waals surface area (Å²) in [5.74, 6) is -1.87. The molecule has 0 aliphatic carbocycles. The predicted molar refractivity (Wildman–Crippen MR) is 92.5 cm³/mol. The molecule has 1 heterocycles. The first-order valence-electron chi connectivity index (χ1n) is 8.48. The van der Waals surface area contributed by atoms with Crippen LogP contribution in [-0.2, 0) is 23.9 Å². The molecule has 1 amide bonds. The third-order valence-electron chi connectivity index (χ3n) is 3.83. The smallest absolute Gasteiger partial charge is 0.349 e. The average molecular weight is 362 g/mol. The van der Waals surface area contributed by atoms with Crippen LogP contribution in [0.25, 0.3) is 0 Å². The van der Waals surface area contributed by atoms with Crippen LogP contribution in [0.15, 0.2) is 24.3 Å². The van der Waals surface area contributed by atoms with Gasteiger partial charge in [0.25, 0.3) is 5.91 Å². The molecular weight excluding hydrogens is 340 g/mol. The van der Waals surface area contributed by atoms with Gasteiger partial charge in [0.1, 0.15) is 12.2 Å². The number of esters is 2. The number of hydrogen-bond donors (Lipinski definition) is 1. The first-order valence-corrected chi connectivity index (χ1v) is 8.48. The van der Waals surface area contributed by atoms with E-state index in [0.717, 1.165) is 0 Å². The second-order valence-corrected chi connectivity index (χ2v) is 5.61. The van der Waals surface area contributed by atoms with E-state index in [0.29, 0.717) is 11.3 Å². The van der Waals surface area contributed by atoms with Gasteiger partial charge in [0.15, 0.2) is 0 Å². The molecule has 1 aromatic carbocycles. The summed E-state index contributed by atoms with van der Waals surface area (Å²) >= 11 is 0. The lowest BCUT2D eigenvalue weighted by Crippen LogP contribution is -2.58. The van der Waals surface area contributed by atoms with Crippen LogP contribution >= 0.6 is 0 Å². The number of anilines is 1. The molecule has 8 heteroatoms. The Kier molecular flexibility index (Phi) is 6.71. The van der Waals surface area contributed by atoms with E-state index in [-0.39, 0.29) is 44.3 Å². The molecule has 0 fully saturated rings. The summed E-state index contributed by atoms with van der Waals surface area (Å²) in [6.07, 6.45) is -1.31. The Hall–Kier alpha value is -2.90. The molecule has 0 bridgehead atoms. The van der Waals surface area contributed by atoms with E-state index in [1.54, 1.807) is 43.0 Å². The molecule has 1 aliphatic heterocycles. The Morgan fingerprint density at radius 3 is 2.50 bits per heavy atom. The molecule has 1 N–H and O–H groups in total. The third-order valence-corrected chi connectivity index (χ3v) is 3.83. The molecule has 0 saturated carbocycles. The molecule has 2 rings (SSSR count). The van der Waals surface area contributed by atoms with Crippen molar-refractivity contribution in [1.29, 1.82) is 0 Å². The number of benzene rings is 1. The van der Waals surface area contributed by atoms with Crippen molar-refractivity contribution in [3.05, 3.63) is 29.8 Å². The fourth-order valence-corrected chi connectivity index (χ4v) is 2.70. The molecule has 0 aromatic heterocycles. The average Bonchev–Trinajstić information content (AvgIpc) is 2.61. The number of fused-ring (bicyclic) bond motifs is 1. The van der Waals surface area contributed by atoms with Gasteiger partial charge in [0.2, 0.25) is 6.17 Å². The Bertz CT molecular complexity index is 703. The second kappa shape index (κ2) is 8.98. The monoisotopic (exact) mass is 362 g/mol. The van der Waals surface area contributed by atoms with Crippen molar-refractivity contribution in [1.82, 2.24) is 5.32 Å². The predicted octanol–water partition coefficient (Wildman–Crippen LogP) is 1.04. The first kappa shape index (κ1) is 19.4. The zero-order valence-electron chi connectivity index (χ0n) is 14.8. The van der Waals surface area contributed by atoms with Crippen LogP contribution in [0.3, 0.4) is 0 Å². The molecule has 1 aromatic rings. The minimum Gasteiger partial charge on any atom is -0.466 e. The van der Waals surface area contributed by atoms with Crippen molar-refractivity contribution >= 4 is 29.3 Å². The normalized spacial score (nSPS) is 15.7. The maximum Gasteiger partial charge on any atom is 0.349 e. The van der Waals surface area contributed by atoms with E-state index in [4.69, 9.17) is 9.47 Å². The summed E-state index contributed by atoms with van der Waals surface area (Å²) < 4.78 is 9.79. The van der Waals surface area contributed by atoms with Crippen molar-refractivity contribution in [3.8, 4) is 0 Å². The molecule has 1 atom stereocenters. The lowest BCUT2D eigenvalue weighted by molar-refractivity contribution is -0.147. The van der Waals surface area contributed by atoms with Crippen LogP contribution in [0.5, 0.6) is 0 Å². The molecule has 1 aliphatic rings. The molecule has 8 nitrogen and oxygen atoms in total. The molecule has 0 spiro atoms. The SMILES string of the molecule is CCOC(=O)CC(=O)CCN1c2ccccc2C(=O)NC1C(=O)OCC. The molecule has 140 valence electrons. The lowest BCUT2D eigenvalue weighted by atomic mass is 10.1. The van der Waals surface area contributed by atoms with Gasteiger partial charge >= 0.3 is 11.9 Å². The van der Waals surface area contributed by atoms with Crippen LogP contribution in [0, 0.1) is 0 Å². The summed E-state index contributed by atoms with van der Waals surface area (Å²) in [6, 6.07) is 6.80. The Morgan fingerprint density at radius 2 is 1.81 bits per heavy atom. The first-order chi connectivity index (χ1) is 12.5. The van der Waals surface area contributed by atoms with Crippen LogP contribution in [0.1, 0.15) is 37.0 Å². The van der Waals surface area contributed by atoms with E-state index in [9.17, 15) is 19.2 Å². The van der Waals surface area contributed by atoms with E-state index in [1.165, 1.54) is 0 Å². The number of nitrogens with one attached hydrogen (secondary N) is 1. The van der Waals surface area contributed by atoms with Gasteiger partial charge in [-0.15, -0.1) is 0 Å². The number of rotatable bonds is 8. The van der Waals surface area contributed by atoms with Crippen LogP contribution in [-0.4, -0.2) is 49.6 Å².